The van der Waals surface area contributed by atoms with E-state index in [2.05, 4.69) is 13.8 Å². The third-order valence-electron chi connectivity index (χ3n) is 3.29. The van der Waals surface area contributed by atoms with Crippen LogP contribution in [-0.2, 0) is 0 Å². The van der Waals surface area contributed by atoms with Crippen molar-refractivity contribution >= 4 is 0 Å². The van der Waals surface area contributed by atoms with E-state index in [0.717, 1.165) is 12.8 Å². The van der Waals surface area contributed by atoms with Crippen LogP contribution < -0.4 is 0 Å². The van der Waals surface area contributed by atoms with E-state index in [0.29, 0.717) is 17.8 Å². The first kappa shape index (κ1) is 10.0. The molecule has 0 saturated heterocycles. The highest BCUT2D eigenvalue weighted by Gasteiger charge is 2.28. The van der Waals surface area contributed by atoms with Crippen molar-refractivity contribution in [3.05, 3.63) is 0 Å². The molecule has 1 rings (SSSR count). The maximum atomic E-state index is 9.61. The molecule has 0 aromatic carbocycles. The lowest BCUT2D eigenvalue weighted by Gasteiger charge is -2.33. The largest absolute Gasteiger partial charge is 0.396 e. The van der Waals surface area contributed by atoms with E-state index < -0.39 is 0 Å². The van der Waals surface area contributed by atoms with E-state index in [1.54, 1.807) is 0 Å². The van der Waals surface area contributed by atoms with E-state index in [1.807, 2.05) is 0 Å². The Hall–Kier alpha value is -0.0800. The summed E-state index contributed by atoms with van der Waals surface area (Å²) in [5.74, 6) is 1.33. The van der Waals surface area contributed by atoms with Gasteiger partial charge in [-0.1, -0.05) is 13.8 Å². The van der Waals surface area contributed by atoms with Gasteiger partial charge in [-0.25, -0.2) is 0 Å². The Labute approximate surface area is 74.6 Å². The Kier molecular flexibility index (Phi) is 3.53. The summed E-state index contributed by atoms with van der Waals surface area (Å²) < 4.78 is 0. The zero-order valence-electron chi connectivity index (χ0n) is 8.03. The molecule has 0 aliphatic heterocycles. The van der Waals surface area contributed by atoms with Gasteiger partial charge in [-0.3, -0.25) is 0 Å². The molecule has 1 unspecified atom stereocenters. The van der Waals surface area contributed by atoms with Gasteiger partial charge in [0.05, 0.1) is 6.10 Å². The summed E-state index contributed by atoms with van der Waals surface area (Å²) in [5, 5.41) is 18.6. The molecule has 2 N–H and O–H groups in total. The zero-order chi connectivity index (χ0) is 9.14. The Bertz CT molecular complexity index is 136. The molecule has 72 valence electrons. The van der Waals surface area contributed by atoms with Crippen LogP contribution in [0.2, 0.25) is 0 Å². The summed E-state index contributed by atoms with van der Waals surface area (Å²) >= 11 is 0. The predicted octanol–water partition coefficient (Wildman–Crippen LogP) is 1.41. The molecule has 0 amide bonds. The van der Waals surface area contributed by atoms with Crippen LogP contribution in [0.5, 0.6) is 0 Å². The quantitative estimate of drug-likeness (QED) is 0.661. The molecule has 1 aliphatic rings. The Morgan fingerprint density at radius 2 is 2.08 bits per heavy atom. The second-order valence-electron chi connectivity index (χ2n) is 4.28. The molecule has 0 aromatic heterocycles. The normalized spacial score (nSPS) is 39.5. The fourth-order valence-corrected chi connectivity index (χ4v) is 2.00. The topological polar surface area (TPSA) is 40.5 Å². The van der Waals surface area contributed by atoms with Crippen LogP contribution in [0.15, 0.2) is 0 Å². The number of aliphatic hydroxyl groups excluding tert-OH is 2. The van der Waals surface area contributed by atoms with Gasteiger partial charge in [0.2, 0.25) is 0 Å². The van der Waals surface area contributed by atoms with Crippen molar-refractivity contribution in [3.8, 4) is 0 Å². The first-order valence-corrected chi connectivity index (χ1v) is 4.94. The highest BCUT2D eigenvalue weighted by atomic mass is 16.3. The van der Waals surface area contributed by atoms with Gasteiger partial charge >= 0.3 is 0 Å². The molecule has 2 nitrogen and oxygen atoms in total. The van der Waals surface area contributed by atoms with Crippen molar-refractivity contribution in [3.63, 3.8) is 0 Å². The lowest BCUT2D eigenvalue weighted by molar-refractivity contribution is 0.0288. The summed E-state index contributed by atoms with van der Waals surface area (Å²) in [5.41, 5.74) is 0. The van der Waals surface area contributed by atoms with Gasteiger partial charge in [0, 0.05) is 6.61 Å². The van der Waals surface area contributed by atoms with Gasteiger partial charge in [0.1, 0.15) is 0 Å². The van der Waals surface area contributed by atoms with Crippen LogP contribution in [0, 0.1) is 17.8 Å². The first-order chi connectivity index (χ1) is 5.65. The summed E-state index contributed by atoms with van der Waals surface area (Å²) in [4.78, 5) is 0. The number of aliphatic hydroxyl groups is 2. The van der Waals surface area contributed by atoms with Crippen LogP contribution in [-0.4, -0.2) is 22.9 Å². The molecule has 12 heavy (non-hydrogen) atoms. The van der Waals surface area contributed by atoms with Gasteiger partial charge < -0.3 is 10.2 Å². The van der Waals surface area contributed by atoms with Crippen LogP contribution in [0.4, 0.5) is 0 Å². The molecule has 2 heteroatoms. The lowest BCUT2D eigenvalue weighted by Crippen LogP contribution is -2.31. The van der Waals surface area contributed by atoms with E-state index >= 15 is 0 Å². The number of hydrogen-bond acceptors (Lipinski definition) is 2. The summed E-state index contributed by atoms with van der Waals surface area (Å²) in [6.45, 7) is 4.42. The standard InChI is InChI=1S/C10H20O2/c1-7-3-4-9(5-10(7)12)8(2)6-11/h7-12H,3-6H2,1-2H3/t7-,8?,9-,10+/m1/s1. The summed E-state index contributed by atoms with van der Waals surface area (Å²) in [6.07, 6.45) is 3.01. The SMILES string of the molecule is CC(CO)[C@@H]1CC[C@@H](C)[C@@H](O)C1. The predicted molar refractivity (Wildman–Crippen MR) is 48.8 cm³/mol. The van der Waals surface area contributed by atoms with Crippen LogP contribution >= 0.6 is 0 Å². The van der Waals surface area contributed by atoms with Gasteiger partial charge in [-0.2, -0.15) is 0 Å². The second kappa shape index (κ2) is 4.24. The average molecular weight is 172 g/mol. The molecule has 4 atom stereocenters. The maximum absolute atomic E-state index is 9.61. The average Bonchev–Trinajstić information content (AvgIpc) is 2.08. The van der Waals surface area contributed by atoms with E-state index in [9.17, 15) is 5.11 Å². The minimum Gasteiger partial charge on any atom is -0.396 e. The van der Waals surface area contributed by atoms with E-state index in [4.69, 9.17) is 5.11 Å². The third kappa shape index (κ3) is 2.20. The highest BCUT2D eigenvalue weighted by Crippen LogP contribution is 2.33. The third-order valence-corrected chi connectivity index (χ3v) is 3.29. The second-order valence-corrected chi connectivity index (χ2v) is 4.28. The minimum atomic E-state index is -0.141. The molecule has 1 aliphatic carbocycles. The maximum Gasteiger partial charge on any atom is 0.0568 e. The monoisotopic (exact) mass is 172 g/mol. The zero-order valence-corrected chi connectivity index (χ0v) is 8.03. The van der Waals surface area contributed by atoms with E-state index in [-0.39, 0.29) is 12.7 Å². The van der Waals surface area contributed by atoms with Crippen molar-refractivity contribution in [2.45, 2.75) is 39.2 Å². The molecule has 0 aromatic rings. The van der Waals surface area contributed by atoms with Gasteiger partial charge in [-0.15, -0.1) is 0 Å². The summed E-state index contributed by atoms with van der Waals surface area (Å²) in [6, 6.07) is 0. The van der Waals surface area contributed by atoms with Crippen molar-refractivity contribution in [1.82, 2.24) is 0 Å². The highest BCUT2D eigenvalue weighted by molar-refractivity contribution is 4.79. The van der Waals surface area contributed by atoms with Crippen molar-refractivity contribution in [2.75, 3.05) is 6.61 Å². The molecule has 0 spiro atoms. The van der Waals surface area contributed by atoms with Crippen molar-refractivity contribution < 1.29 is 10.2 Å². The first-order valence-electron chi connectivity index (χ1n) is 4.94. The molecular formula is C10H20O2. The van der Waals surface area contributed by atoms with Crippen molar-refractivity contribution in [1.29, 1.82) is 0 Å². The smallest absolute Gasteiger partial charge is 0.0568 e. The van der Waals surface area contributed by atoms with Crippen molar-refractivity contribution in [2.24, 2.45) is 17.8 Å². The van der Waals surface area contributed by atoms with Crippen LogP contribution in [0.3, 0.4) is 0 Å². The summed E-state index contributed by atoms with van der Waals surface area (Å²) in [7, 11) is 0. The molecule has 1 fully saturated rings. The molecule has 0 heterocycles. The Morgan fingerprint density at radius 1 is 1.42 bits per heavy atom. The van der Waals surface area contributed by atoms with Crippen LogP contribution in [0.25, 0.3) is 0 Å². The van der Waals surface area contributed by atoms with Gasteiger partial charge in [0.25, 0.3) is 0 Å². The Balaban J connectivity index is 2.39. The molecule has 0 radical (unpaired) electrons. The minimum absolute atomic E-state index is 0.141. The number of rotatable bonds is 2. The molecular weight excluding hydrogens is 152 g/mol. The Morgan fingerprint density at radius 3 is 2.58 bits per heavy atom. The fraction of sp³-hybridized carbons (Fsp3) is 1.00. The van der Waals surface area contributed by atoms with Crippen LogP contribution in [0.1, 0.15) is 33.1 Å². The fourth-order valence-electron chi connectivity index (χ4n) is 2.00. The molecule has 0 bridgehead atoms. The lowest BCUT2D eigenvalue weighted by atomic mass is 9.75. The van der Waals surface area contributed by atoms with Gasteiger partial charge in [-0.05, 0) is 37.0 Å². The van der Waals surface area contributed by atoms with E-state index in [1.165, 1.54) is 6.42 Å². The van der Waals surface area contributed by atoms with Gasteiger partial charge in [0.15, 0.2) is 0 Å². The number of hydrogen-bond donors (Lipinski definition) is 2. The molecule has 1 saturated carbocycles.